The van der Waals surface area contributed by atoms with Crippen molar-refractivity contribution in [3.05, 3.63) is 35.4 Å². The third-order valence-electron chi connectivity index (χ3n) is 3.13. The molecular formula is C16H25F3IN3O. The summed E-state index contributed by atoms with van der Waals surface area (Å²) in [6, 6.07) is 8.23. The number of guanidine groups is 1. The van der Waals surface area contributed by atoms with Crippen molar-refractivity contribution in [2.75, 3.05) is 33.9 Å². The maximum absolute atomic E-state index is 11.9. The van der Waals surface area contributed by atoms with E-state index in [1.165, 1.54) is 5.56 Å². The first-order valence-corrected chi connectivity index (χ1v) is 7.43. The smallest absolute Gasteiger partial charge is 0.372 e. The Kier molecular flexibility index (Phi) is 11.0. The topological polar surface area (TPSA) is 36.9 Å². The van der Waals surface area contributed by atoms with Gasteiger partial charge in [0.25, 0.3) is 0 Å². The van der Waals surface area contributed by atoms with Crippen LogP contribution < -0.4 is 5.32 Å². The van der Waals surface area contributed by atoms with Crippen molar-refractivity contribution in [3.63, 3.8) is 0 Å². The molecule has 0 fully saturated rings. The fourth-order valence-corrected chi connectivity index (χ4v) is 1.99. The molecule has 1 rings (SSSR count). The standard InChI is InChI=1S/C16H24F3N3O.HI/c1-13-5-7-14(8-6-13)11-22(3)15(20-2)21-9-4-10-23-12-16(17,18)19;/h5-8H,4,9-12H2,1-3H3,(H,20,21);1H. The number of aryl methyl sites for hydroxylation is 1. The molecule has 0 heterocycles. The highest BCUT2D eigenvalue weighted by Crippen LogP contribution is 2.14. The van der Waals surface area contributed by atoms with Crippen LogP contribution in [0.3, 0.4) is 0 Å². The average Bonchev–Trinajstić information content (AvgIpc) is 2.47. The van der Waals surface area contributed by atoms with E-state index in [2.05, 4.69) is 39.3 Å². The number of ether oxygens (including phenoxy) is 1. The molecule has 8 heteroatoms. The van der Waals surface area contributed by atoms with Crippen LogP contribution in [0.1, 0.15) is 17.5 Å². The van der Waals surface area contributed by atoms with Gasteiger partial charge in [-0.25, -0.2) is 0 Å². The molecule has 4 nitrogen and oxygen atoms in total. The Labute approximate surface area is 158 Å². The van der Waals surface area contributed by atoms with Crippen LogP contribution in [0, 0.1) is 6.92 Å². The van der Waals surface area contributed by atoms with Crippen molar-refractivity contribution in [1.82, 2.24) is 10.2 Å². The second kappa shape index (κ2) is 11.5. The normalized spacial score (nSPS) is 11.8. The highest BCUT2D eigenvalue weighted by Gasteiger charge is 2.27. The highest BCUT2D eigenvalue weighted by molar-refractivity contribution is 14.0. The van der Waals surface area contributed by atoms with Crippen molar-refractivity contribution in [2.24, 2.45) is 4.99 Å². The molecule has 0 saturated heterocycles. The molecule has 0 bridgehead atoms. The number of aliphatic imine (C=N–C) groups is 1. The lowest BCUT2D eigenvalue weighted by atomic mass is 10.1. The molecule has 1 aromatic carbocycles. The van der Waals surface area contributed by atoms with Gasteiger partial charge >= 0.3 is 6.18 Å². The van der Waals surface area contributed by atoms with Crippen molar-refractivity contribution in [2.45, 2.75) is 26.1 Å². The molecule has 0 radical (unpaired) electrons. The lowest BCUT2D eigenvalue weighted by Gasteiger charge is -2.22. The molecule has 0 saturated carbocycles. The molecule has 0 atom stereocenters. The second-order valence-corrected chi connectivity index (χ2v) is 5.34. The summed E-state index contributed by atoms with van der Waals surface area (Å²) < 4.78 is 40.3. The monoisotopic (exact) mass is 459 g/mol. The number of rotatable bonds is 7. The number of nitrogens with zero attached hydrogens (tertiary/aromatic N) is 2. The number of alkyl halides is 3. The van der Waals surface area contributed by atoms with Crippen LogP contribution in [0.5, 0.6) is 0 Å². The zero-order valence-electron chi connectivity index (χ0n) is 14.2. The minimum atomic E-state index is -4.27. The predicted octanol–water partition coefficient (Wildman–Crippen LogP) is 3.59. The zero-order valence-corrected chi connectivity index (χ0v) is 16.5. The molecule has 0 aliphatic heterocycles. The minimum Gasteiger partial charge on any atom is -0.372 e. The molecule has 0 unspecified atom stereocenters. The van der Waals surface area contributed by atoms with Crippen LogP contribution in [0.4, 0.5) is 13.2 Å². The zero-order chi connectivity index (χ0) is 17.3. The van der Waals surface area contributed by atoms with Crippen LogP contribution in [0.2, 0.25) is 0 Å². The van der Waals surface area contributed by atoms with Gasteiger partial charge in [0.15, 0.2) is 5.96 Å². The molecule has 24 heavy (non-hydrogen) atoms. The summed E-state index contributed by atoms with van der Waals surface area (Å²) in [5, 5.41) is 3.11. The fraction of sp³-hybridized carbons (Fsp3) is 0.562. The van der Waals surface area contributed by atoms with E-state index in [0.717, 1.165) is 5.56 Å². The summed E-state index contributed by atoms with van der Waals surface area (Å²) in [5.41, 5.74) is 2.37. The fourth-order valence-electron chi connectivity index (χ4n) is 1.99. The van der Waals surface area contributed by atoms with Gasteiger partial charge in [-0.3, -0.25) is 4.99 Å². The van der Waals surface area contributed by atoms with E-state index < -0.39 is 12.8 Å². The molecule has 1 N–H and O–H groups in total. The van der Waals surface area contributed by atoms with E-state index in [1.54, 1.807) is 7.05 Å². The first-order chi connectivity index (χ1) is 10.8. The lowest BCUT2D eigenvalue weighted by molar-refractivity contribution is -0.173. The van der Waals surface area contributed by atoms with Crippen molar-refractivity contribution in [3.8, 4) is 0 Å². The SMILES string of the molecule is CN=C(NCCCOCC(F)(F)F)N(C)Cc1ccc(C)cc1.I. The molecule has 0 amide bonds. The minimum absolute atomic E-state index is 0. The van der Waals surface area contributed by atoms with Crippen LogP contribution >= 0.6 is 24.0 Å². The first-order valence-electron chi connectivity index (χ1n) is 7.43. The third kappa shape index (κ3) is 9.96. The number of halogens is 4. The molecule has 138 valence electrons. The maximum atomic E-state index is 11.9. The summed E-state index contributed by atoms with van der Waals surface area (Å²) in [7, 11) is 3.59. The molecule has 0 aromatic heterocycles. The van der Waals surface area contributed by atoms with Gasteiger partial charge in [-0.2, -0.15) is 13.2 Å². The van der Waals surface area contributed by atoms with E-state index >= 15 is 0 Å². The van der Waals surface area contributed by atoms with Gasteiger partial charge in [0.05, 0.1) is 0 Å². The Morgan fingerprint density at radius 1 is 1.25 bits per heavy atom. The Morgan fingerprint density at radius 3 is 2.42 bits per heavy atom. The quantitative estimate of drug-likeness (QED) is 0.293. The third-order valence-corrected chi connectivity index (χ3v) is 3.13. The van der Waals surface area contributed by atoms with E-state index in [0.29, 0.717) is 25.5 Å². The molecule has 0 aliphatic carbocycles. The van der Waals surface area contributed by atoms with Crippen molar-refractivity contribution < 1.29 is 17.9 Å². The van der Waals surface area contributed by atoms with Gasteiger partial charge < -0.3 is 15.0 Å². The van der Waals surface area contributed by atoms with E-state index in [-0.39, 0.29) is 30.6 Å². The largest absolute Gasteiger partial charge is 0.411 e. The van der Waals surface area contributed by atoms with Crippen LogP contribution in [-0.2, 0) is 11.3 Å². The average molecular weight is 459 g/mol. The van der Waals surface area contributed by atoms with Crippen LogP contribution in [0.15, 0.2) is 29.3 Å². The Bertz CT molecular complexity index is 492. The van der Waals surface area contributed by atoms with Gasteiger partial charge in [0.2, 0.25) is 0 Å². The lowest BCUT2D eigenvalue weighted by Crippen LogP contribution is -2.39. The van der Waals surface area contributed by atoms with Gasteiger partial charge in [0, 0.05) is 33.8 Å². The van der Waals surface area contributed by atoms with Crippen LogP contribution in [0.25, 0.3) is 0 Å². The number of hydrogen-bond acceptors (Lipinski definition) is 2. The predicted molar refractivity (Wildman–Crippen MR) is 101 cm³/mol. The van der Waals surface area contributed by atoms with Gasteiger partial charge in [0.1, 0.15) is 6.61 Å². The van der Waals surface area contributed by atoms with Crippen LogP contribution in [-0.4, -0.2) is 50.9 Å². The van der Waals surface area contributed by atoms with Crippen molar-refractivity contribution in [1.29, 1.82) is 0 Å². The number of nitrogens with one attached hydrogen (secondary N) is 1. The molecule has 1 aromatic rings. The summed E-state index contributed by atoms with van der Waals surface area (Å²) in [5.74, 6) is 0.696. The highest BCUT2D eigenvalue weighted by atomic mass is 127. The molecular weight excluding hydrogens is 434 g/mol. The van der Waals surface area contributed by atoms with Gasteiger partial charge in [-0.15, -0.1) is 24.0 Å². The van der Waals surface area contributed by atoms with E-state index in [1.807, 2.05) is 18.9 Å². The summed E-state index contributed by atoms with van der Waals surface area (Å²) >= 11 is 0. The van der Waals surface area contributed by atoms with Gasteiger partial charge in [-0.1, -0.05) is 29.8 Å². The van der Waals surface area contributed by atoms with E-state index in [9.17, 15) is 13.2 Å². The number of hydrogen-bond donors (Lipinski definition) is 1. The summed E-state index contributed by atoms with van der Waals surface area (Å²) in [6.45, 7) is 2.10. The Balaban J connectivity index is 0.00000529. The summed E-state index contributed by atoms with van der Waals surface area (Å²) in [6.07, 6.45) is -3.79. The first kappa shape index (κ1) is 23.0. The Morgan fingerprint density at radius 2 is 1.88 bits per heavy atom. The molecule has 0 spiro atoms. The van der Waals surface area contributed by atoms with Gasteiger partial charge in [-0.05, 0) is 18.9 Å². The maximum Gasteiger partial charge on any atom is 0.411 e. The Hall–Kier alpha value is -1.03. The second-order valence-electron chi connectivity index (χ2n) is 5.34. The van der Waals surface area contributed by atoms with E-state index in [4.69, 9.17) is 0 Å². The van der Waals surface area contributed by atoms with Crippen molar-refractivity contribution >= 4 is 29.9 Å². The molecule has 0 aliphatic rings. The number of benzene rings is 1. The summed E-state index contributed by atoms with van der Waals surface area (Å²) in [4.78, 5) is 6.13.